The van der Waals surface area contributed by atoms with E-state index in [-0.39, 0.29) is 18.1 Å². The van der Waals surface area contributed by atoms with Crippen LogP contribution in [0.25, 0.3) is 0 Å². The van der Waals surface area contributed by atoms with E-state index in [1.807, 2.05) is 6.20 Å². The number of aromatic nitrogens is 3. The molecule has 1 aliphatic rings. The fourth-order valence-corrected chi connectivity index (χ4v) is 1.73. The van der Waals surface area contributed by atoms with E-state index < -0.39 is 0 Å². The van der Waals surface area contributed by atoms with Gasteiger partial charge in [-0.05, 0) is 12.8 Å². The van der Waals surface area contributed by atoms with Crippen LogP contribution in [-0.4, -0.2) is 38.7 Å². The van der Waals surface area contributed by atoms with Gasteiger partial charge in [-0.2, -0.15) is 0 Å². The molecule has 2 N–H and O–H groups in total. The normalized spacial score (nSPS) is 23.9. The van der Waals surface area contributed by atoms with Crippen molar-refractivity contribution >= 4 is 5.91 Å². The van der Waals surface area contributed by atoms with Crippen molar-refractivity contribution in [3.05, 3.63) is 11.9 Å². The molecular weight excluding hydrogens is 208 g/mol. The van der Waals surface area contributed by atoms with Gasteiger partial charge >= 0.3 is 0 Å². The van der Waals surface area contributed by atoms with E-state index in [0.717, 1.165) is 18.5 Å². The van der Waals surface area contributed by atoms with E-state index in [0.29, 0.717) is 13.0 Å². The molecule has 1 fully saturated rings. The number of nitrogens with one attached hydrogen (secondary N) is 1. The molecule has 0 bridgehead atoms. The maximum Gasteiger partial charge on any atom is 0.216 e. The van der Waals surface area contributed by atoms with E-state index in [4.69, 9.17) is 0 Å². The Morgan fingerprint density at radius 1 is 1.69 bits per heavy atom. The molecule has 88 valence electrons. The Balaban J connectivity index is 1.85. The van der Waals surface area contributed by atoms with Crippen LogP contribution in [-0.2, 0) is 11.2 Å². The van der Waals surface area contributed by atoms with Gasteiger partial charge in [0.1, 0.15) is 0 Å². The average molecular weight is 224 g/mol. The molecule has 0 spiro atoms. The second-order valence-corrected chi connectivity index (χ2v) is 4.13. The quantitative estimate of drug-likeness (QED) is 0.732. The van der Waals surface area contributed by atoms with Gasteiger partial charge in [-0.3, -0.25) is 4.79 Å². The van der Waals surface area contributed by atoms with Gasteiger partial charge in [0.2, 0.25) is 5.91 Å². The molecule has 1 aromatic heterocycles. The molecule has 1 saturated carbocycles. The molecular formula is C10H16N4O2. The first kappa shape index (κ1) is 11.1. The van der Waals surface area contributed by atoms with Gasteiger partial charge in [-0.25, -0.2) is 4.68 Å². The third-order valence-corrected chi connectivity index (χ3v) is 2.85. The summed E-state index contributed by atoms with van der Waals surface area (Å²) in [5.74, 6) is -0.0400. The van der Waals surface area contributed by atoms with Gasteiger partial charge in [-0.15, -0.1) is 5.10 Å². The maximum absolute atomic E-state index is 10.7. The number of amides is 1. The van der Waals surface area contributed by atoms with Gasteiger partial charge < -0.3 is 10.4 Å². The molecule has 0 aliphatic heterocycles. The lowest BCUT2D eigenvalue weighted by Gasteiger charge is -2.31. The standard InChI is InChI=1S/C10H16N4O2/c1-7(15)11-5-4-8-6-14(13-12-8)9-2-3-10(9)16/h6,9-10,16H,2-5H2,1H3,(H,11,15). The summed E-state index contributed by atoms with van der Waals surface area (Å²) in [6.45, 7) is 2.06. The molecule has 16 heavy (non-hydrogen) atoms. The molecule has 1 aliphatic carbocycles. The van der Waals surface area contributed by atoms with E-state index in [2.05, 4.69) is 15.6 Å². The summed E-state index contributed by atoms with van der Waals surface area (Å²) in [5, 5.41) is 20.2. The molecule has 1 aromatic rings. The number of hydrogen-bond donors (Lipinski definition) is 2. The molecule has 0 aromatic carbocycles. The van der Waals surface area contributed by atoms with Crippen LogP contribution in [0.2, 0.25) is 0 Å². The van der Waals surface area contributed by atoms with Crippen molar-refractivity contribution in [3.8, 4) is 0 Å². The summed E-state index contributed by atoms with van der Waals surface area (Å²) in [4.78, 5) is 10.7. The van der Waals surface area contributed by atoms with Gasteiger partial charge in [0.05, 0.1) is 17.8 Å². The molecule has 1 amide bonds. The Bertz CT molecular complexity index is 377. The monoisotopic (exact) mass is 224 g/mol. The van der Waals surface area contributed by atoms with Crippen LogP contribution in [0.3, 0.4) is 0 Å². The molecule has 6 heteroatoms. The highest BCUT2D eigenvalue weighted by Gasteiger charge is 2.31. The van der Waals surface area contributed by atoms with Crippen LogP contribution in [0.1, 0.15) is 31.5 Å². The number of rotatable bonds is 4. The lowest BCUT2D eigenvalue weighted by Crippen LogP contribution is -2.34. The second kappa shape index (κ2) is 4.61. The fourth-order valence-electron chi connectivity index (χ4n) is 1.73. The highest BCUT2D eigenvalue weighted by Crippen LogP contribution is 2.31. The third kappa shape index (κ3) is 2.38. The highest BCUT2D eigenvalue weighted by molar-refractivity contribution is 5.72. The van der Waals surface area contributed by atoms with Gasteiger partial charge in [-0.1, -0.05) is 5.21 Å². The minimum Gasteiger partial charge on any atom is -0.391 e. The smallest absolute Gasteiger partial charge is 0.216 e. The van der Waals surface area contributed by atoms with Crippen LogP contribution in [0.5, 0.6) is 0 Å². The largest absolute Gasteiger partial charge is 0.391 e. The minimum atomic E-state index is -0.287. The van der Waals surface area contributed by atoms with E-state index >= 15 is 0 Å². The Morgan fingerprint density at radius 3 is 3.06 bits per heavy atom. The summed E-state index contributed by atoms with van der Waals surface area (Å²) in [7, 11) is 0. The molecule has 2 unspecified atom stereocenters. The predicted molar refractivity (Wildman–Crippen MR) is 56.7 cm³/mol. The first-order valence-electron chi connectivity index (χ1n) is 5.50. The first-order valence-corrected chi connectivity index (χ1v) is 5.50. The van der Waals surface area contributed by atoms with E-state index in [9.17, 15) is 9.90 Å². The van der Waals surface area contributed by atoms with E-state index in [1.54, 1.807) is 4.68 Å². The number of aliphatic hydroxyl groups is 1. The Labute approximate surface area is 93.6 Å². The highest BCUT2D eigenvalue weighted by atomic mass is 16.3. The van der Waals surface area contributed by atoms with Crippen LogP contribution in [0.15, 0.2) is 6.20 Å². The Kier molecular flexibility index (Phi) is 3.19. The van der Waals surface area contributed by atoms with Crippen LogP contribution in [0, 0.1) is 0 Å². The van der Waals surface area contributed by atoms with Gasteiger partial charge in [0.25, 0.3) is 0 Å². The number of carbonyl (C=O) groups is 1. The second-order valence-electron chi connectivity index (χ2n) is 4.13. The lowest BCUT2D eigenvalue weighted by atomic mass is 9.89. The molecule has 2 rings (SSSR count). The summed E-state index contributed by atoms with van der Waals surface area (Å²) in [6.07, 6.45) is 4.02. The summed E-state index contributed by atoms with van der Waals surface area (Å²) < 4.78 is 1.72. The van der Waals surface area contributed by atoms with Crippen molar-refractivity contribution in [2.24, 2.45) is 0 Å². The minimum absolute atomic E-state index is 0.0400. The van der Waals surface area contributed by atoms with Crippen molar-refractivity contribution in [1.29, 1.82) is 0 Å². The number of aliphatic hydroxyl groups excluding tert-OH is 1. The predicted octanol–water partition coefficient (Wildman–Crippen LogP) is -0.348. The summed E-state index contributed by atoms with van der Waals surface area (Å²) >= 11 is 0. The van der Waals surface area contributed by atoms with Crippen molar-refractivity contribution in [2.45, 2.75) is 38.3 Å². The Morgan fingerprint density at radius 2 is 2.50 bits per heavy atom. The number of nitrogens with zero attached hydrogens (tertiary/aromatic N) is 3. The summed E-state index contributed by atoms with van der Waals surface area (Å²) in [6, 6.07) is 0.0852. The molecule has 1 heterocycles. The lowest BCUT2D eigenvalue weighted by molar-refractivity contribution is -0.118. The van der Waals surface area contributed by atoms with Crippen LogP contribution >= 0.6 is 0 Å². The van der Waals surface area contributed by atoms with Gasteiger partial charge in [0, 0.05) is 26.1 Å². The van der Waals surface area contributed by atoms with Crippen molar-refractivity contribution in [3.63, 3.8) is 0 Å². The molecule has 0 radical (unpaired) electrons. The number of carbonyl (C=O) groups excluding carboxylic acids is 1. The molecule has 2 atom stereocenters. The van der Waals surface area contributed by atoms with Crippen molar-refractivity contribution in [2.75, 3.05) is 6.54 Å². The van der Waals surface area contributed by atoms with Gasteiger partial charge in [0.15, 0.2) is 0 Å². The van der Waals surface area contributed by atoms with Crippen molar-refractivity contribution in [1.82, 2.24) is 20.3 Å². The number of hydrogen-bond acceptors (Lipinski definition) is 4. The maximum atomic E-state index is 10.7. The topological polar surface area (TPSA) is 80.0 Å². The van der Waals surface area contributed by atoms with Crippen molar-refractivity contribution < 1.29 is 9.90 Å². The Hall–Kier alpha value is -1.43. The fraction of sp³-hybridized carbons (Fsp3) is 0.700. The zero-order chi connectivity index (χ0) is 11.5. The average Bonchev–Trinajstić information content (AvgIpc) is 2.63. The molecule has 6 nitrogen and oxygen atoms in total. The SMILES string of the molecule is CC(=O)NCCc1cn(C2CCC2O)nn1. The third-order valence-electron chi connectivity index (χ3n) is 2.85. The molecule has 0 saturated heterocycles. The first-order chi connectivity index (χ1) is 7.66. The van der Waals surface area contributed by atoms with Crippen LogP contribution < -0.4 is 5.32 Å². The van der Waals surface area contributed by atoms with E-state index in [1.165, 1.54) is 6.92 Å². The zero-order valence-electron chi connectivity index (χ0n) is 9.26. The zero-order valence-corrected chi connectivity index (χ0v) is 9.26. The summed E-state index contributed by atoms with van der Waals surface area (Å²) in [5.41, 5.74) is 0.841. The van der Waals surface area contributed by atoms with Crippen LogP contribution in [0.4, 0.5) is 0 Å².